The molecule has 1 unspecified atom stereocenters. The third-order valence-corrected chi connectivity index (χ3v) is 3.79. The fourth-order valence-corrected chi connectivity index (χ4v) is 2.61. The Morgan fingerprint density at radius 2 is 2.00 bits per heavy atom. The van der Waals surface area contributed by atoms with E-state index in [1.165, 1.54) is 16.7 Å². The smallest absolute Gasteiger partial charge is 0.233 e. The topological polar surface area (TPSA) is 29.1 Å². The minimum atomic E-state index is -0.0363. The number of amides is 1. The van der Waals surface area contributed by atoms with Gasteiger partial charge < -0.3 is 5.32 Å². The second-order valence-corrected chi connectivity index (χ2v) is 5.81. The van der Waals surface area contributed by atoms with Gasteiger partial charge in [-0.1, -0.05) is 35.4 Å². The van der Waals surface area contributed by atoms with Crippen LogP contribution in [0.1, 0.15) is 23.6 Å². The Hall–Kier alpha value is -1.22. The molecule has 3 heteroatoms. The van der Waals surface area contributed by atoms with Crippen LogP contribution in [0.25, 0.3) is 0 Å². The van der Waals surface area contributed by atoms with Gasteiger partial charge >= 0.3 is 0 Å². The van der Waals surface area contributed by atoms with Gasteiger partial charge in [-0.15, -0.1) is 18.3 Å². The molecule has 18 heavy (non-hydrogen) atoms. The highest BCUT2D eigenvalue weighted by atomic mass is 32.2. The number of carbonyl (C=O) groups is 1. The molecule has 0 aromatic heterocycles. The van der Waals surface area contributed by atoms with Gasteiger partial charge in [0.2, 0.25) is 5.91 Å². The monoisotopic (exact) mass is 263 g/mol. The van der Waals surface area contributed by atoms with E-state index in [0.29, 0.717) is 6.54 Å². The van der Waals surface area contributed by atoms with Crippen LogP contribution in [0.15, 0.2) is 30.9 Å². The third-order valence-electron chi connectivity index (χ3n) is 2.57. The van der Waals surface area contributed by atoms with Gasteiger partial charge in [-0.25, -0.2) is 0 Å². The molecule has 2 nitrogen and oxygen atoms in total. The molecule has 0 aliphatic carbocycles. The van der Waals surface area contributed by atoms with E-state index in [0.717, 1.165) is 5.75 Å². The lowest BCUT2D eigenvalue weighted by Crippen LogP contribution is -2.30. The standard InChI is InChI=1S/C15H21NOS/c1-5-6-16-15(17)13(4)18-10-14-8-11(2)7-12(3)9-14/h5,7-9,13H,1,6,10H2,2-4H3,(H,16,17). The van der Waals surface area contributed by atoms with Crippen LogP contribution >= 0.6 is 11.8 Å². The summed E-state index contributed by atoms with van der Waals surface area (Å²) in [6.07, 6.45) is 1.69. The van der Waals surface area contributed by atoms with Crippen LogP contribution in [0.2, 0.25) is 0 Å². The molecule has 0 aliphatic rings. The van der Waals surface area contributed by atoms with Crippen LogP contribution in [0.5, 0.6) is 0 Å². The number of rotatable bonds is 6. The lowest BCUT2D eigenvalue weighted by molar-refractivity contribution is -0.120. The summed E-state index contributed by atoms with van der Waals surface area (Å²) < 4.78 is 0. The number of thioether (sulfide) groups is 1. The molecular weight excluding hydrogens is 242 g/mol. The maximum Gasteiger partial charge on any atom is 0.233 e. The first kappa shape index (κ1) is 14.8. The molecule has 0 heterocycles. The van der Waals surface area contributed by atoms with Crippen molar-refractivity contribution in [3.8, 4) is 0 Å². The SMILES string of the molecule is C=CCNC(=O)C(C)SCc1cc(C)cc(C)c1. The highest BCUT2D eigenvalue weighted by Crippen LogP contribution is 2.19. The van der Waals surface area contributed by atoms with E-state index in [-0.39, 0.29) is 11.2 Å². The number of carbonyl (C=O) groups excluding carboxylic acids is 1. The maximum atomic E-state index is 11.7. The molecule has 1 amide bonds. The second-order valence-electron chi connectivity index (χ2n) is 4.48. The minimum absolute atomic E-state index is 0.0363. The first-order chi connectivity index (χ1) is 8.52. The zero-order valence-electron chi connectivity index (χ0n) is 11.3. The van der Waals surface area contributed by atoms with Crippen molar-refractivity contribution in [3.63, 3.8) is 0 Å². The van der Waals surface area contributed by atoms with Crippen LogP contribution in [0.4, 0.5) is 0 Å². The summed E-state index contributed by atoms with van der Waals surface area (Å²) >= 11 is 1.66. The summed E-state index contributed by atoms with van der Waals surface area (Å²) in [6, 6.07) is 6.51. The molecule has 0 saturated carbocycles. The van der Waals surface area contributed by atoms with E-state index < -0.39 is 0 Å². The molecule has 1 atom stereocenters. The fraction of sp³-hybridized carbons (Fsp3) is 0.400. The van der Waals surface area contributed by atoms with E-state index >= 15 is 0 Å². The van der Waals surface area contributed by atoms with Crippen molar-refractivity contribution < 1.29 is 4.79 Å². The Morgan fingerprint density at radius 1 is 1.39 bits per heavy atom. The fourth-order valence-electron chi connectivity index (χ4n) is 1.77. The molecule has 1 rings (SSSR count). The van der Waals surface area contributed by atoms with E-state index in [2.05, 4.69) is 43.9 Å². The zero-order valence-corrected chi connectivity index (χ0v) is 12.1. The molecule has 0 saturated heterocycles. The molecule has 0 spiro atoms. The highest BCUT2D eigenvalue weighted by molar-refractivity contribution is 7.99. The van der Waals surface area contributed by atoms with Crippen LogP contribution < -0.4 is 5.32 Å². The van der Waals surface area contributed by atoms with Crippen molar-refractivity contribution in [2.24, 2.45) is 0 Å². The van der Waals surface area contributed by atoms with Gasteiger partial charge in [-0.2, -0.15) is 0 Å². The van der Waals surface area contributed by atoms with Crippen molar-refractivity contribution in [3.05, 3.63) is 47.5 Å². The summed E-state index contributed by atoms with van der Waals surface area (Å²) in [7, 11) is 0. The Kier molecular flexibility index (Phi) is 5.99. The van der Waals surface area contributed by atoms with E-state index in [4.69, 9.17) is 0 Å². The van der Waals surface area contributed by atoms with Crippen molar-refractivity contribution in [1.82, 2.24) is 5.32 Å². The number of nitrogens with one attached hydrogen (secondary N) is 1. The molecule has 1 aromatic carbocycles. The van der Waals surface area contributed by atoms with Gasteiger partial charge in [-0.05, 0) is 26.3 Å². The van der Waals surface area contributed by atoms with E-state index in [1.54, 1.807) is 17.8 Å². The number of aryl methyl sites for hydroxylation is 2. The largest absolute Gasteiger partial charge is 0.352 e. The van der Waals surface area contributed by atoms with Crippen molar-refractivity contribution in [1.29, 1.82) is 0 Å². The summed E-state index contributed by atoms with van der Waals surface area (Å²) in [6.45, 7) is 10.3. The Labute approximate surface area is 114 Å². The minimum Gasteiger partial charge on any atom is -0.352 e. The van der Waals surface area contributed by atoms with Crippen molar-refractivity contribution >= 4 is 17.7 Å². The summed E-state index contributed by atoms with van der Waals surface area (Å²) in [4.78, 5) is 11.7. The maximum absolute atomic E-state index is 11.7. The molecule has 0 aliphatic heterocycles. The average molecular weight is 263 g/mol. The predicted octanol–water partition coefficient (Wildman–Crippen LogP) is 3.23. The van der Waals surface area contributed by atoms with Gasteiger partial charge in [0, 0.05) is 12.3 Å². The lowest BCUT2D eigenvalue weighted by atomic mass is 10.1. The first-order valence-corrected chi connectivity index (χ1v) is 7.15. The third kappa shape index (κ3) is 4.96. The van der Waals surface area contributed by atoms with E-state index in [1.807, 2.05) is 6.92 Å². The summed E-state index contributed by atoms with van der Waals surface area (Å²) in [5, 5.41) is 2.78. The van der Waals surface area contributed by atoms with Gasteiger partial charge in [0.05, 0.1) is 5.25 Å². The molecule has 1 aromatic rings. The number of hydrogen-bond donors (Lipinski definition) is 1. The molecular formula is C15H21NOS. The Morgan fingerprint density at radius 3 is 2.56 bits per heavy atom. The Bertz CT molecular complexity index is 408. The quantitative estimate of drug-likeness (QED) is 0.798. The molecule has 0 fully saturated rings. The summed E-state index contributed by atoms with van der Waals surface area (Å²) in [5.41, 5.74) is 3.82. The summed E-state index contributed by atoms with van der Waals surface area (Å²) in [5.74, 6) is 0.940. The highest BCUT2D eigenvalue weighted by Gasteiger charge is 2.12. The number of hydrogen-bond acceptors (Lipinski definition) is 2. The average Bonchev–Trinajstić information content (AvgIpc) is 2.31. The molecule has 0 bridgehead atoms. The predicted molar refractivity (Wildman–Crippen MR) is 79.9 cm³/mol. The van der Waals surface area contributed by atoms with Crippen molar-refractivity contribution in [2.75, 3.05) is 6.54 Å². The van der Waals surface area contributed by atoms with Gasteiger partial charge in [0.25, 0.3) is 0 Å². The van der Waals surface area contributed by atoms with Crippen molar-refractivity contribution in [2.45, 2.75) is 31.8 Å². The molecule has 0 radical (unpaired) electrons. The first-order valence-electron chi connectivity index (χ1n) is 6.10. The number of benzene rings is 1. The normalized spacial score (nSPS) is 11.9. The lowest BCUT2D eigenvalue weighted by Gasteiger charge is -2.11. The molecule has 1 N–H and O–H groups in total. The second kappa shape index (κ2) is 7.27. The van der Waals surface area contributed by atoms with Gasteiger partial charge in [-0.3, -0.25) is 4.79 Å². The molecule has 98 valence electrons. The zero-order chi connectivity index (χ0) is 13.5. The van der Waals surface area contributed by atoms with Gasteiger partial charge in [0.1, 0.15) is 0 Å². The van der Waals surface area contributed by atoms with Crippen LogP contribution in [-0.2, 0) is 10.5 Å². The van der Waals surface area contributed by atoms with E-state index in [9.17, 15) is 4.79 Å². The van der Waals surface area contributed by atoms with Crippen LogP contribution in [0, 0.1) is 13.8 Å². The van der Waals surface area contributed by atoms with Gasteiger partial charge in [0.15, 0.2) is 0 Å². The van der Waals surface area contributed by atoms with Crippen LogP contribution in [-0.4, -0.2) is 17.7 Å². The Balaban J connectivity index is 2.48. The van der Waals surface area contributed by atoms with Crippen LogP contribution in [0.3, 0.4) is 0 Å².